The van der Waals surface area contributed by atoms with Crippen molar-refractivity contribution < 1.29 is 24.3 Å². The highest BCUT2D eigenvalue weighted by Gasteiger charge is 2.39. The van der Waals surface area contributed by atoms with E-state index in [-0.39, 0.29) is 11.8 Å². The Labute approximate surface area is 200 Å². The van der Waals surface area contributed by atoms with Gasteiger partial charge in [0.05, 0.1) is 6.04 Å². The zero-order valence-electron chi connectivity index (χ0n) is 20.0. The Hall–Kier alpha value is -1.85. The average molecular weight is 488 g/mol. The number of aliphatic carboxylic acids is 1. The van der Waals surface area contributed by atoms with E-state index in [2.05, 4.69) is 10.6 Å². The topological polar surface area (TPSA) is 168 Å². The van der Waals surface area contributed by atoms with Gasteiger partial charge in [-0.3, -0.25) is 14.4 Å². The minimum Gasteiger partial charge on any atom is -0.480 e. The lowest BCUT2D eigenvalue weighted by Gasteiger charge is -2.30. The number of carbonyl (C=O) groups excluding carboxylic acids is 3. The number of amides is 3. The standard InChI is InChI=1S/C22H41N5O5S/c1-4-14(2)18(24)20(29)25-15(8-5-6-11-23)21(30)27-12-7-9-17(27)19(28)26-16(22(31)32)10-13-33-3/h14-18H,4-13,23-24H2,1-3H3,(H,25,29)(H,26,28)(H,31,32). The summed E-state index contributed by atoms with van der Waals surface area (Å²) >= 11 is 1.50. The molecule has 3 amide bonds. The summed E-state index contributed by atoms with van der Waals surface area (Å²) in [5.41, 5.74) is 11.6. The molecule has 33 heavy (non-hydrogen) atoms. The van der Waals surface area contributed by atoms with E-state index < -0.39 is 42.0 Å². The van der Waals surface area contributed by atoms with Gasteiger partial charge < -0.3 is 32.1 Å². The van der Waals surface area contributed by atoms with Crippen LogP contribution >= 0.6 is 11.8 Å². The summed E-state index contributed by atoms with van der Waals surface area (Å²) < 4.78 is 0. The van der Waals surface area contributed by atoms with E-state index in [1.54, 1.807) is 0 Å². The number of carbonyl (C=O) groups is 4. The molecule has 0 aliphatic carbocycles. The van der Waals surface area contributed by atoms with Crippen molar-refractivity contribution in [2.75, 3.05) is 25.1 Å². The van der Waals surface area contributed by atoms with Crippen molar-refractivity contribution in [1.82, 2.24) is 15.5 Å². The molecule has 10 nitrogen and oxygen atoms in total. The van der Waals surface area contributed by atoms with Crippen LogP contribution in [-0.2, 0) is 19.2 Å². The molecule has 1 aliphatic heterocycles. The second kappa shape index (κ2) is 15.1. The van der Waals surface area contributed by atoms with Crippen molar-refractivity contribution in [2.45, 2.75) is 83.0 Å². The molecule has 0 aromatic heterocycles. The molecule has 0 aromatic rings. The number of thioether (sulfide) groups is 1. The Morgan fingerprint density at radius 2 is 1.85 bits per heavy atom. The number of nitrogens with zero attached hydrogens (tertiary/aromatic N) is 1. The second-order valence-corrected chi connectivity index (χ2v) is 9.61. The zero-order chi connectivity index (χ0) is 25.0. The van der Waals surface area contributed by atoms with Gasteiger partial charge in [0, 0.05) is 6.54 Å². The number of carboxylic acids is 1. The summed E-state index contributed by atoms with van der Waals surface area (Å²) in [6.07, 6.45) is 5.72. The molecule has 5 atom stereocenters. The first-order valence-corrected chi connectivity index (χ1v) is 13.2. The molecule has 5 unspecified atom stereocenters. The van der Waals surface area contributed by atoms with Crippen LogP contribution < -0.4 is 22.1 Å². The Kier molecular flexibility index (Phi) is 13.4. The molecule has 0 bridgehead atoms. The molecule has 1 saturated heterocycles. The highest BCUT2D eigenvalue weighted by molar-refractivity contribution is 7.98. The van der Waals surface area contributed by atoms with Crippen LogP contribution in [0, 0.1) is 5.92 Å². The Bertz CT molecular complexity index is 665. The summed E-state index contributed by atoms with van der Waals surface area (Å²) in [6.45, 7) is 4.67. The number of unbranched alkanes of at least 4 members (excludes halogenated alkanes) is 1. The van der Waals surface area contributed by atoms with Crippen LogP contribution in [0.15, 0.2) is 0 Å². The first kappa shape index (κ1) is 29.2. The quantitative estimate of drug-likeness (QED) is 0.205. The van der Waals surface area contributed by atoms with Gasteiger partial charge in [0.2, 0.25) is 17.7 Å². The van der Waals surface area contributed by atoms with Gasteiger partial charge in [-0.25, -0.2) is 4.79 Å². The van der Waals surface area contributed by atoms with Gasteiger partial charge in [-0.2, -0.15) is 11.8 Å². The zero-order valence-corrected chi connectivity index (χ0v) is 20.9. The maximum atomic E-state index is 13.4. The van der Waals surface area contributed by atoms with E-state index in [4.69, 9.17) is 11.5 Å². The average Bonchev–Trinajstić information content (AvgIpc) is 3.29. The van der Waals surface area contributed by atoms with E-state index in [9.17, 15) is 24.3 Å². The molecule has 0 spiro atoms. The highest BCUT2D eigenvalue weighted by Crippen LogP contribution is 2.21. The second-order valence-electron chi connectivity index (χ2n) is 8.63. The number of hydrogen-bond acceptors (Lipinski definition) is 7. The normalized spacial score (nSPS) is 19.4. The minimum absolute atomic E-state index is 0.0376. The van der Waals surface area contributed by atoms with Crippen LogP contribution in [0.2, 0.25) is 0 Å². The van der Waals surface area contributed by atoms with Crippen molar-refractivity contribution in [3.05, 3.63) is 0 Å². The summed E-state index contributed by atoms with van der Waals surface area (Å²) in [7, 11) is 0. The van der Waals surface area contributed by atoms with E-state index in [1.165, 1.54) is 16.7 Å². The molecule has 0 saturated carbocycles. The number of hydrogen-bond donors (Lipinski definition) is 5. The number of nitrogens with one attached hydrogen (secondary N) is 2. The third kappa shape index (κ3) is 9.13. The summed E-state index contributed by atoms with van der Waals surface area (Å²) in [4.78, 5) is 51.9. The predicted octanol–water partition coefficient (Wildman–Crippen LogP) is 0.287. The fraction of sp³-hybridized carbons (Fsp3) is 0.818. The fourth-order valence-corrected chi connectivity index (χ4v) is 4.27. The lowest BCUT2D eigenvalue weighted by Crippen LogP contribution is -2.57. The van der Waals surface area contributed by atoms with Crippen molar-refractivity contribution in [3.63, 3.8) is 0 Å². The van der Waals surface area contributed by atoms with Crippen LogP contribution in [0.25, 0.3) is 0 Å². The molecule has 190 valence electrons. The third-order valence-corrected chi connectivity index (χ3v) is 6.83. The van der Waals surface area contributed by atoms with Gasteiger partial charge >= 0.3 is 5.97 Å². The van der Waals surface area contributed by atoms with Gasteiger partial charge in [0.25, 0.3) is 0 Å². The maximum absolute atomic E-state index is 13.4. The first-order chi connectivity index (χ1) is 15.7. The van der Waals surface area contributed by atoms with Crippen LogP contribution in [-0.4, -0.2) is 83.0 Å². The Morgan fingerprint density at radius 3 is 2.42 bits per heavy atom. The number of likely N-dealkylation sites (tertiary alicyclic amines) is 1. The van der Waals surface area contributed by atoms with Gasteiger partial charge in [-0.1, -0.05) is 20.3 Å². The van der Waals surface area contributed by atoms with E-state index in [1.807, 2.05) is 20.1 Å². The smallest absolute Gasteiger partial charge is 0.326 e. The van der Waals surface area contributed by atoms with E-state index in [0.29, 0.717) is 57.4 Å². The van der Waals surface area contributed by atoms with Gasteiger partial charge in [0.1, 0.15) is 18.1 Å². The number of nitrogens with two attached hydrogens (primary N) is 2. The van der Waals surface area contributed by atoms with Crippen LogP contribution in [0.1, 0.15) is 58.8 Å². The highest BCUT2D eigenvalue weighted by atomic mass is 32.2. The summed E-state index contributed by atoms with van der Waals surface area (Å²) in [5, 5.41) is 14.8. The number of rotatable bonds is 15. The molecule has 1 heterocycles. The van der Waals surface area contributed by atoms with Crippen molar-refractivity contribution in [1.29, 1.82) is 0 Å². The largest absolute Gasteiger partial charge is 0.480 e. The van der Waals surface area contributed by atoms with Gasteiger partial charge in [0.15, 0.2) is 0 Å². The molecule has 1 rings (SSSR count). The molecule has 11 heteroatoms. The molecular formula is C22H41N5O5S. The maximum Gasteiger partial charge on any atom is 0.326 e. The van der Waals surface area contributed by atoms with Gasteiger partial charge in [-0.15, -0.1) is 0 Å². The SMILES string of the molecule is CCC(C)C(N)C(=O)NC(CCCCN)C(=O)N1CCCC1C(=O)NC(CCSC)C(=O)O. The van der Waals surface area contributed by atoms with Crippen molar-refractivity contribution >= 4 is 35.5 Å². The Balaban J connectivity index is 2.93. The van der Waals surface area contributed by atoms with Gasteiger partial charge in [-0.05, 0) is 63.0 Å². The molecule has 1 aliphatic rings. The van der Waals surface area contributed by atoms with Crippen molar-refractivity contribution in [3.8, 4) is 0 Å². The number of carboxylic acid groups (broad SMARTS) is 1. The van der Waals surface area contributed by atoms with E-state index >= 15 is 0 Å². The molecule has 0 radical (unpaired) electrons. The van der Waals surface area contributed by atoms with Crippen molar-refractivity contribution in [2.24, 2.45) is 17.4 Å². The Morgan fingerprint density at radius 1 is 1.15 bits per heavy atom. The minimum atomic E-state index is -1.10. The van der Waals surface area contributed by atoms with E-state index in [0.717, 1.165) is 6.42 Å². The molecule has 0 aromatic carbocycles. The third-order valence-electron chi connectivity index (χ3n) is 6.19. The van der Waals surface area contributed by atoms with Crippen LogP contribution in [0.4, 0.5) is 0 Å². The summed E-state index contributed by atoms with van der Waals surface area (Å²) in [6, 6.07) is -3.30. The summed E-state index contributed by atoms with van der Waals surface area (Å²) in [5.74, 6) is -1.75. The van der Waals surface area contributed by atoms with Crippen LogP contribution in [0.5, 0.6) is 0 Å². The molecule has 1 fully saturated rings. The van der Waals surface area contributed by atoms with Crippen LogP contribution in [0.3, 0.4) is 0 Å². The predicted molar refractivity (Wildman–Crippen MR) is 130 cm³/mol. The molecular weight excluding hydrogens is 446 g/mol. The fourth-order valence-electron chi connectivity index (χ4n) is 3.79. The lowest BCUT2D eigenvalue weighted by atomic mass is 9.98. The molecule has 7 N–H and O–H groups in total. The monoisotopic (exact) mass is 487 g/mol. The first-order valence-electron chi connectivity index (χ1n) is 11.8. The lowest BCUT2D eigenvalue weighted by molar-refractivity contribution is -0.145.